The maximum absolute atomic E-state index is 2.34. The Morgan fingerprint density at radius 1 is 0.417 bits per heavy atom. The molecule has 126 valence electrons. The molecule has 0 spiro atoms. The summed E-state index contributed by atoms with van der Waals surface area (Å²) in [7, 11) is 0. The van der Waals surface area contributed by atoms with Crippen molar-refractivity contribution in [2.45, 2.75) is 20.8 Å². The van der Waals surface area contributed by atoms with Crippen LogP contribution in [0.5, 0.6) is 0 Å². The van der Waals surface area contributed by atoms with Crippen LogP contribution in [0.15, 0.2) is 72.8 Å². The van der Waals surface area contributed by atoms with Crippen molar-refractivity contribution in [1.29, 1.82) is 0 Å². The summed E-state index contributed by atoms with van der Waals surface area (Å²) >= 11 is -2.15. The van der Waals surface area contributed by atoms with Crippen LogP contribution >= 0.6 is 24.8 Å². The zero-order valence-corrected chi connectivity index (χ0v) is 19.3. The predicted molar refractivity (Wildman–Crippen MR) is 113 cm³/mol. The van der Waals surface area contributed by atoms with E-state index in [0.717, 1.165) is 0 Å². The van der Waals surface area contributed by atoms with E-state index in [1.807, 2.05) is 0 Å². The zero-order valence-electron chi connectivity index (χ0n) is 14.2. The number of hydrogen-bond acceptors (Lipinski definition) is 0. The Morgan fingerprint density at radius 2 is 0.625 bits per heavy atom. The Morgan fingerprint density at radius 3 is 0.833 bits per heavy atom. The molecule has 0 saturated carbocycles. The summed E-state index contributed by atoms with van der Waals surface area (Å²) in [5.74, 6) is 0. The van der Waals surface area contributed by atoms with Gasteiger partial charge in [-0.05, 0) is 0 Å². The number of rotatable bonds is 3. The van der Waals surface area contributed by atoms with E-state index in [4.69, 9.17) is 0 Å². The molecule has 0 bridgehead atoms. The van der Waals surface area contributed by atoms with Crippen LogP contribution in [0.3, 0.4) is 0 Å². The van der Waals surface area contributed by atoms with Gasteiger partial charge in [0.25, 0.3) is 0 Å². The van der Waals surface area contributed by atoms with Crippen LogP contribution < -0.4 is 9.81 Å². The first kappa shape index (κ1) is 21.2. The van der Waals surface area contributed by atoms with Crippen LogP contribution in [0, 0.1) is 20.8 Å². The molecule has 0 aromatic heterocycles. The molecule has 3 aromatic carbocycles. The van der Waals surface area contributed by atoms with Gasteiger partial charge in [-0.15, -0.1) is 24.8 Å². The van der Waals surface area contributed by atoms with Gasteiger partial charge in [-0.25, -0.2) is 0 Å². The van der Waals surface area contributed by atoms with E-state index >= 15 is 0 Å². The summed E-state index contributed by atoms with van der Waals surface area (Å²) < 4.78 is 4.65. The van der Waals surface area contributed by atoms with Crippen molar-refractivity contribution < 1.29 is 0 Å². The van der Waals surface area contributed by atoms with Crippen molar-refractivity contribution in [3.05, 3.63) is 89.5 Å². The average Bonchev–Trinajstić information content (AvgIpc) is 2.53. The molecule has 0 radical (unpaired) electrons. The maximum Gasteiger partial charge on any atom is -0.147 e. The summed E-state index contributed by atoms with van der Waals surface area (Å²) in [6, 6.07) is 27.5. The Kier molecular flexibility index (Phi) is 8.44. The number of benzene rings is 3. The minimum absolute atomic E-state index is 0. The number of halogens is 2. The fraction of sp³-hybridized carbons (Fsp3) is 0.143. The van der Waals surface area contributed by atoms with E-state index in [1.54, 1.807) is 9.81 Å². The molecule has 0 saturated heterocycles. The van der Waals surface area contributed by atoms with Gasteiger partial charge in [-0.1, -0.05) is 0 Å². The molecule has 0 amide bonds. The van der Waals surface area contributed by atoms with Crippen LogP contribution in [0.1, 0.15) is 16.7 Å². The average molecular weight is 555 g/mol. The van der Waals surface area contributed by atoms with Crippen LogP contribution in [-0.4, -0.2) is 21.8 Å². The molecule has 3 aromatic rings. The van der Waals surface area contributed by atoms with Gasteiger partial charge in [-0.3, -0.25) is 0 Å². The third kappa shape index (κ3) is 5.06. The second-order valence-corrected chi connectivity index (χ2v) is 14.5. The molecule has 0 N–H and O–H groups in total. The molecule has 0 nitrogen and oxygen atoms in total. The number of aryl methyl sites for hydroxylation is 3. The smallest absolute Gasteiger partial charge is 0.147 e. The quantitative estimate of drug-likeness (QED) is 0.430. The Hall–Kier alpha value is -0.877. The number of hydrogen-bond donors (Lipinski definition) is 0. The zero-order chi connectivity index (χ0) is 15.5. The fourth-order valence-corrected chi connectivity index (χ4v) is 11.2. The SMILES string of the molecule is Cc1cc[c]([Bi]([c]2ccc(C)cc2)[c]2ccc(C)cc2)cc1.Cl.Cl. The van der Waals surface area contributed by atoms with Gasteiger partial charge >= 0.3 is 142 Å². The Bertz CT molecular complexity index is 639. The molecular formula is C21H23BiCl2. The van der Waals surface area contributed by atoms with Gasteiger partial charge < -0.3 is 0 Å². The van der Waals surface area contributed by atoms with Crippen molar-refractivity contribution in [2.75, 3.05) is 0 Å². The largest absolute Gasteiger partial charge is 0.147 e. The molecule has 0 fully saturated rings. The van der Waals surface area contributed by atoms with E-state index in [9.17, 15) is 0 Å². The molecule has 0 unspecified atom stereocenters. The predicted octanol–water partition coefficient (Wildman–Crippen LogP) is 3.97. The molecular weight excluding hydrogens is 532 g/mol. The topological polar surface area (TPSA) is 0 Å². The van der Waals surface area contributed by atoms with E-state index in [1.165, 1.54) is 16.7 Å². The maximum atomic E-state index is 2.34. The van der Waals surface area contributed by atoms with E-state index in [2.05, 4.69) is 93.6 Å². The molecule has 0 aliphatic carbocycles. The molecule has 0 heterocycles. The van der Waals surface area contributed by atoms with Crippen molar-refractivity contribution in [1.82, 2.24) is 0 Å². The van der Waals surface area contributed by atoms with Crippen LogP contribution in [0.4, 0.5) is 0 Å². The fourth-order valence-electron chi connectivity index (χ4n) is 2.53. The first-order valence-electron chi connectivity index (χ1n) is 7.63. The van der Waals surface area contributed by atoms with E-state index in [-0.39, 0.29) is 24.8 Å². The van der Waals surface area contributed by atoms with Crippen LogP contribution in [0.2, 0.25) is 0 Å². The molecule has 24 heavy (non-hydrogen) atoms. The summed E-state index contributed by atoms with van der Waals surface area (Å²) in [6.07, 6.45) is 0. The first-order chi connectivity index (χ1) is 10.6. The molecule has 0 atom stereocenters. The van der Waals surface area contributed by atoms with Gasteiger partial charge in [0.2, 0.25) is 0 Å². The summed E-state index contributed by atoms with van der Waals surface area (Å²) in [5.41, 5.74) is 4.00. The van der Waals surface area contributed by atoms with Gasteiger partial charge in [0, 0.05) is 0 Å². The van der Waals surface area contributed by atoms with Crippen molar-refractivity contribution in [3.8, 4) is 0 Å². The standard InChI is InChI=1S/3C7H7.Bi.2ClH/c3*1-7-5-3-2-4-6-7;;;/h3*3-6H,1H3;;2*1H. The molecule has 3 heteroatoms. The van der Waals surface area contributed by atoms with E-state index < -0.39 is 21.8 Å². The van der Waals surface area contributed by atoms with Gasteiger partial charge in [0.1, 0.15) is 0 Å². The summed E-state index contributed by atoms with van der Waals surface area (Å²) in [5, 5.41) is 0. The molecule has 0 aliphatic heterocycles. The normalized spacial score (nSPS) is 10.0. The Labute approximate surface area is 165 Å². The van der Waals surface area contributed by atoms with Gasteiger partial charge in [0.05, 0.1) is 0 Å². The summed E-state index contributed by atoms with van der Waals surface area (Å²) in [6.45, 7) is 6.47. The van der Waals surface area contributed by atoms with Crippen molar-refractivity contribution in [3.63, 3.8) is 0 Å². The van der Waals surface area contributed by atoms with Crippen molar-refractivity contribution >= 4 is 56.4 Å². The minimum Gasteiger partial charge on any atom is -0.147 e. The van der Waals surface area contributed by atoms with Crippen LogP contribution in [0.25, 0.3) is 0 Å². The molecule has 0 aliphatic rings. The second-order valence-electron chi connectivity index (χ2n) is 5.84. The van der Waals surface area contributed by atoms with Crippen molar-refractivity contribution in [2.24, 2.45) is 0 Å². The second kappa shape index (κ2) is 9.57. The third-order valence-electron chi connectivity index (χ3n) is 3.88. The Balaban J connectivity index is 0.00000144. The van der Waals surface area contributed by atoms with Gasteiger partial charge in [-0.2, -0.15) is 0 Å². The third-order valence-corrected chi connectivity index (χ3v) is 13.4. The monoisotopic (exact) mass is 554 g/mol. The van der Waals surface area contributed by atoms with Gasteiger partial charge in [0.15, 0.2) is 0 Å². The molecule has 3 rings (SSSR count). The van der Waals surface area contributed by atoms with Crippen LogP contribution in [-0.2, 0) is 0 Å². The first-order valence-corrected chi connectivity index (χ1v) is 12.9. The summed E-state index contributed by atoms with van der Waals surface area (Å²) in [4.78, 5) is 0. The van der Waals surface area contributed by atoms with E-state index in [0.29, 0.717) is 0 Å². The minimum atomic E-state index is -2.15.